The number of nitrogens with zero attached hydrogens (tertiary/aromatic N) is 4. The summed E-state index contributed by atoms with van der Waals surface area (Å²) in [6.45, 7) is 0.125. The van der Waals surface area contributed by atoms with Crippen molar-refractivity contribution in [2.24, 2.45) is 10.1 Å². The molecule has 1 amide bonds. The Hall–Kier alpha value is -4.84. The number of azide groups is 1. The van der Waals surface area contributed by atoms with E-state index in [1.54, 1.807) is 72.8 Å². The van der Waals surface area contributed by atoms with E-state index in [1.807, 2.05) is 0 Å². The van der Waals surface area contributed by atoms with Crippen molar-refractivity contribution in [3.8, 4) is 5.75 Å². The smallest absolute Gasteiger partial charge is 0.416 e. The number of nitrogens with one attached hydrogen (secondary N) is 1. The van der Waals surface area contributed by atoms with E-state index in [9.17, 15) is 23.5 Å². The van der Waals surface area contributed by atoms with E-state index in [1.165, 1.54) is 12.1 Å². The number of carbonyl (C=O) groups excluding carboxylic acids is 1. The zero-order chi connectivity index (χ0) is 33.4. The van der Waals surface area contributed by atoms with Crippen molar-refractivity contribution >= 4 is 33.4 Å². The number of alkyl halides is 3. The van der Waals surface area contributed by atoms with Crippen LogP contribution >= 0.6 is 15.9 Å². The molecule has 1 aliphatic rings. The van der Waals surface area contributed by atoms with Crippen LogP contribution in [0.25, 0.3) is 10.4 Å². The highest BCUT2D eigenvalue weighted by Gasteiger charge is 2.53. The second kappa shape index (κ2) is 14.7. The number of amides is 1. The minimum atomic E-state index is -4.54. The Bertz CT molecular complexity index is 1790. The van der Waals surface area contributed by atoms with Gasteiger partial charge in [0.05, 0.1) is 12.2 Å². The largest absolute Gasteiger partial charge is 0.494 e. The summed E-state index contributed by atoms with van der Waals surface area (Å²) in [5.41, 5.74) is 8.95. The summed E-state index contributed by atoms with van der Waals surface area (Å²) in [6.07, 6.45) is -5.12. The van der Waals surface area contributed by atoms with Crippen molar-refractivity contribution < 1.29 is 32.5 Å². The molecule has 4 aromatic carbocycles. The molecule has 0 aliphatic carbocycles. The summed E-state index contributed by atoms with van der Waals surface area (Å²) < 4.78 is 53.2. The van der Waals surface area contributed by atoms with Crippen LogP contribution in [-0.2, 0) is 28.7 Å². The Morgan fingerprint density at radius 3 is 2.51 bits per heavy atom. The van der Waals surface area contributed by atoms with Gasteiger partial charge in [0.2, 0.25) is 5.90 Å². The Morgan fingerprint density at radius 2 is 1.81 bits per heavy atom. The van der Waals surface area contributed by atoms with Gasteiger partial charge in [-0.2, -0.15) is 13.2 Å². The molecule has 0 spiro atoms. The van der Waals surface area contributed by atoms with Crippen LogP contribution in [0.5, 0.6) is 5.75 Å². The van der Waals surface area contributed by atoms with Crippen LogP contribution in [0.1, 0.15) is 40.3 Å². The number of aliphatic imine (C=N–C) groups is 1. The quantitative estimate of drug-likeness (QED) is 0.0669. The van der Waals surface area contributed by atoms with E-state index in [4.69, 9.17) is 19.6 Å². The van der Waals surface area contributed by atoms with E-state index in [-0.39, 0.29) is 31.0 Å². The lowest BCUT2D eigenvalue weighted by Crippen LogP contribution is -2.49. The lowest BCUT2D eigenvalue weighted by atomic mass is 9.81. The minimum Gasteiger partial charge on any atom is -0.494 e. The highest BCUT2D eigenvalue weighted by Crippen LogP contribution is 2.44. The van der Waals surface area contributed by atoms with Crippen LogP contribution in [0, 0.1) is 0 Å². The van der Waals surface area contributed by atoms with Gasteiger partial charge in [0, 0.05) is 46.6 Å². The van der Waals surface area contributed by atoms with E-state index < -0.39 is 29.3 Å². The molecule has 2 atom stereocenters. The molecule has 2 N–H and O–H groups in total. The van der Waals surface area contributed by atoms with Crippen molar-refractivity contribution in [3.63, 3.8) is 0 Å². The van der Waals surface area contributed by atoms with Crippen molar-refractivity contribution in [1.82, 2.24) is 5.32 Å². The standard InChI is InChI=1S/C34H29BrF3N5O4/c35-27-13-9-23(10-14-27)30-33(20-25-6-1-2-8-29(25)42-43-39,32(45)40-21-22-5-3-7-26(19-22)34(36,37)38)41-31(47-30)24-11-15-28(16-12-24)46-18-4-17-44/h1-3,5-16,19,30,44H,4,17-18,20-21H2,(H,40,45)/t30-,33-/m1/s1. The molecule has 0 saturated carbocycles. The van der Waals surface area contributed by atoms with Crippen LogP contribution < -0.4 is 10.1 Å². The number of ether oxygens (including phenoxy) is 2. The van der Waals surface area contributed by atoms with Gasteiger partial charge in [0.1, 0.15) is 5.75 Å². The average Bonchev–Trinajstić information content (AvgIpc) is 3.45. The molecule has 9 nitrogen and oxygen atoms in total. The van der Waals surface area contributed by atoms with Crippen LogP contribution in [-0.4, -0.2) is 35.7 Å². The van der Waals surface area contributed by atoms with Gasteiger partial charge in [0.25, 0.3) is 5.91 Å². The first kappa shape index (κ1) is 33.5. The minimum absolute atomic E-state index is 0.000886. The molecule has 242 valence electrons. The van der Waals surface area contributed by atoms with Crippen molar-refractivity contribution in [3.05, 3.63) is 140 Å². The molecule has 5 rings (SSSR count). The van der Waals surface area contributed by atoms with Gasteiger partial charge in [-0.1, -0.05) is 69.6 Å². The molecule has 0 radical (unpaired) electrons. The second-order valence-electron chi connectivity index (χ2n) is 10.7. The fraction of sp³-hybridized carbons (Fsp3) is 0.235. The molecule has 0 aromatic heterocycles. The van der Waals surface area contributed by atoms with E-state index in [0.29, 0.717) is 41.2 Å². The van der Waals surface area contributed by atoms with E-state index in [2.05, 4.69) is 31.3 Å². The third-order valence-electron chi connectivity index (χ3n) is 7.51. The van der Waals surface area contributed by atoms with E-state index >= 15 is 0 Å². The highest BCUT2D eigenvalue weighted by atomic mass is 79.9. The maximum Gasteiger partial charge on any atom is 0.416 e. The summed E-state index contributed by atoms with van der Waals surface area (Å²) in [7, 11) is 0. The zero-order valence-corrected chi connectivity index (χ0v) is 26.4. The zero-order valence-electron chi connectivity index (χ0n) is 24.8. The topological polar surface area (TPSA) is 129 Å². The lowest BCUT2D eigenvalue weighted by molar-refractivity contribution is -0.137. The molecule has 0 unspecified atom stereocenters. The van der Waals surface area contributed by atoms with Gasteiger partial charge in [-0.15, -0.1) is 0 Å². The van der Waals surface area contributed by atoms with Gasteiger partial charge in [-0.25, -0.2) is 4.99 Å². The molecule has 4 aromatic rings. The van der Waals surface area contributed by atoms with Crippen molar-refractivity contribution in [2.75, 3.05) is 13.2 Å². The highest BCUT2D eigenvalue weighted by molar-refractivity contribution is 9.10. The molecule has 47 heavy (non-hydrogen) atoms. The summed E-state index contributed by atoms with van der Waals surface area (Å²) in [4.78, 5) is 22.3. The molecule has 0 fully saturated rings. The molecule has 0 bridgehead atoms. The van der Waals surface area contributed by atoms with Crippen LogP contribution in [0.2, 0.25) is 0 Å². The number of carbonyl (C=O) groups is 1. The molecule has 0 saturated heterocycles. The number of hydrogen-bond donors (Lipinski definition) is 2. The van der Waals surface area contributed by atoms with Crippen LogP contribution in [0.15, 0.2) is 112 Å². The summed E-state index contributed by atoms with van der Waals surface area (Å²) in [5, 5.41) is 15.7. The molecular formula is C34H29BrF3N5O4. The maximum atomic E-state index is 14.5. The number of hydrogen-bond acceptors (Lipinski definition) is 6. The van der Waals surface area contributed by atoms with Crippen molar-refractivity contribution in [2.45, 2.75) is 37.2 Å². The number of aliphatic hydroxyl groups is 1. The number of aliphatic hydroxyl groups excluding tert-OH is 1. The fourth-order valence-corrected chi connectivity index (χ4v) is 5.47. The van der Waals surface area contributed by atoms with E-state index in [0.717, 1.165) is 16.6 Å². The van der Waals surface area contributed by atoms with Crippen LogP contribution in [0.4, 0.5) is 18.9 Å². The Balaban J connectivity index is 1.59. The average molecular weight is 709 g/mol. The van der Waals surface area contributed by atoms with Gasteiger partial charge < -0.3 is 19.9 Å². The van der Waals surface area contributed by atoms with Gasteiger partial charge in [-0.05, 0) is 70.8 Å². The number of halogens is 4. The molecule has 13 heteroatoms. The van der Waals surface area contributed by atoms with Gasteiger partial charge >= 0.3 is 6.18 Å². The predicted molar refractivity (Wildman–Crippen MR) is 173 cm³/mol. The van der Waals surface area contributed by atoms with Crippen LogP contribution in [0.3, 0.4) is 0 Å². The maximum absolute atomic E-state index is 14.5. The molecular weight excluding hydrogens is 679 g/mol. The first-order valence-corrected chi connectivity index (χ1v) is 15.4. The summed E-state index contributed by atoms with van der Waals surface area (Å²) in [5.74, 6) is 0.131. The normalized spacial score (nSPS) is 17.3. The Kier molecular flexibility index (Phi) is 10.5. The third-order valence-corrected chi connectivity index (χ3v) is 8.04. The Morgan fingerprint density at radius 1 is 1.06 bits per heavy atom. The first-order valence-electron chi connectivity index (χ1n) is 14.6. The summed E-state index contributed by atoms with van der Waals surface area (Å²) >= 11 is 3.44. The van der Waals surface area contributed by atoms with Gasteiger partial charge in [-0.3, -0.25) is 4.79 Å². The van der Waals surface area contributed by atoms with Gasteiger partial charge in [0.15, 0.2) is 11.6 Å². The second-order valence-corrected chi connectivity index (χ2v) is 11.6. The number of benzene rings is 4. The monoisotopic (exact) mass is 707 g/mol. The molecule has 1 aliphatic heterocycles. The SMILES string of the molecule is [N-]=[N+]=Nc1ccccc1C[C@@]1(C(=O)NCc2cccc(C(F)(F)F)c2)N=C(c2ccc(OCCCO)cc2)O[C@@H]1c1ccc(Br)cc1. The third kappa shape index (κ3) is 7.94. The predicted octanol–water partition coefficient (Wildman–Crippen LogP) is 7.99. The van der Waals surface area contributed by atoms with Crippen molar-refractivity contribution in [1.29, 1.82) is 0 Å². The number of rotatable bonds is 12. The first-order chi connectivity index (χ1) is 22.6. The fourth-order valence-electron chi connectivity index (χ4n) is 5.21. The Labute approximate surface area is 276 Å². The summed E-state index contributed by atoms with van der Waals surface area (Å²) in [6, 6.07) is 25.6. The lowest BCUT2D eigenvalue weighted by Gasteiger charge is -2.31. The molecule has 1 heterocycles.